The van der Waals surface area contributed by atoms with Crippen LogP contribution >= 0.6 is 34.5 Å². The van der Waals surface area contributed by atoms with Crippen LogP contribution in [0.2, 0.25) is 10.0 Å². The van der Waals surface area contributed by atoms with E-state index >= 15 is 0 Å². The molecule has 0 spiro atoms. The zero-order valence-electron chi connectivity index (χ0n) is 16.2. The molecular formula is C20H21Cl2N5O2S. The van der Waals surface area contributed by atoms with Gasteiger partial charge in [-0.2, -0.15) is 0 Å². The Morgan fingerprint density at radius 2 is 2.03 bits per heavy atom. The number of nitrogens with zero attached hydrogens (tertiary/aromatic N) is 3. The van der Waals surface area contributed by atoms with E-state index in [-0.39, 0.29) is 17.9 Å². The van der Waals surface area contributed by atoms with Crippen molar-refractivity contribution in [2.24, 2.45) is 0 Å². The number of aromatic nitrogens is 3. The molecule has 2 N–H and O–H groups in total. The van der Waals surface area contributed by atoms with Gasteiger partial charge in [0.2, 0.25) is 5.91 Å². The summed E-state index contributed by atoms with van der Waals surface area (Å²) >= 11 is 13.5. The van der Waals surface area contributed by atoms with E-state index in [1.807, 2.05) is 0 Å². The first kappa shape index (κ1) is 21.1. The van der Waals surface area contributed by atoms with Crippen LogP contribution in [0.5, 0.6) is 0 Å². The highest BCUT2D eigenvalue weighted by Gasteiger charge is 2.20. The van der Waals surface area contributed by atoms with Crippen molar-refractivity contribution in [3.63, 3.8) is 0 Å². The molecule has 7 nitrogen and oxygen atoms in total. The van der Waals surface area contributed by atoms with E-state index in [0.717, 1.165) is 35.0 Å². The molecule has 0 radical (unpaired) electrons. The van der Waals surface area contributed by atoms with Gasteiger partial charge in [0.05, 0.1) is 21.8 Å². The Hall–Kier alpha value is -2.16. The van der Waals surface area contributed by atoms with Gasteiger partial charge in [-0.1, -0.05) is 23.2 Å². The molecule has 4 rings (SSSR count). The molecule has 0 saturated carbocycles. The number of nitrogens with one attached hydrogen (secondary N) is 2. The van der Waals surface area contributed by atoms with Crippen molar-refractivity contribution in [2.75, 3.05) is 18.4 Å². The first-order chi connectivity index (χ1) is 14.5. The van der Waals surface area contributed by atoms with Crippen molar-refractivity contribution in [3.05, 3.63) is 49.4 Å². The van der Waals surface area contributed by atoms with E-state index in [9.17, 15) is 9.59 Å². The molecule has 0 fully saturated rings. The van der Waals surface area contributed by atoms with E-state index in [1.165, 1.54) is 17.5 Å². The molecule has 0 unspecified atom stereocenters. The number of amides is 1. The van der Waals surface area contributed by atoms with Crippen LogP contribution in [0.25, 0.3) is 10.2 Å². The third kappa shape index (κ3) is 4.61. The highest BCUT2D eigenvalue weighted by molar-refractivity contribution is 7.18. The van der Waals surface area contributed by atoms with Gasteiger partial charge < -0.3 is 10.6 Å². The van der Waals surface area contributed by atoms with Gasteiger partial charge in [0.25, 0.3) is 5.56 Å². The third-order valence-corrected chi connectivity index (χ3v) is 6.76. The molecule has 0 atom stereocenters. The first-order valence-corrected chi connectivity index (χ1v) is 11.4. The van der Waals surface area contributed by atoms with Gasteiger partial charge in [-0.25, -0.2) is 9.97 Å². The summed E-state index contributed by atoms with van der Waals surface area (Å²) in [6.45, 7) is 1.18. The number of pyridine rings is 1. The SMILES string of the molecule is O=C(CCn1cnc2sc3c(c2c1=O)CCCC3)NCCNc1ncc(Cl)cc1Cl. The summed E-state index contributed by atoms with van der Waals surface area (Å²) in [5, 5.41) is 7.50. The largest absolute Gasteiger partial charge is 0.367 e. The predicted molar refractivity (Wildman–Crippen MR) is 121 cm³/mol. The fraction of sp³-hybridized carbons (Fsp3) is 0.400. The van der Waals surface area contributed by atoms with Crippen LogP contribution in [0.1, 0.15) is 29.7 Å². The van der Waals surface area contributed by atoms with Gasteiger partial charge in [-0.05, 0) is 37.3 Å². The maximum Gasteiger partial charge on any atom is 0.262 e. The third-order valence-electron chi connectivity index (χ3n) is 5.07. The standard InChI is InChI=1S/C20H21Cl2N5O2S/c21-12-9-14(22)18(25-10-12)24-7-6-23-16(28)5-8-27-11-26-19-17(20(27)29)13-3-1-2-4-15(13)30-19/h9-11H,1-8H2,(H,23,28)(H,24,25). The summed E-state index contributed by atoms with van der Waals surface area (Å²) < 4.78 is 1.54. The summed E-state index contributed by atoms with van der Waals surface area (Å²) in [6.07, 6.45) is 7.51. The number of aryl methyl sites for hydroxylation is 3. The molecule has 1 aliphatic rings. The van der Waals surface area contributed by atoms with Crippen LogP contribution in [0, 0.1) is 0 Å². The van der Waals surface area contributed by atoms with E-state index in [2.05, 4.69) is 20.6 Å². The minimum atomic E-state index is -0.133. The molecule has 30 heavy (non-hydrogen) atoms. The van der Waals surface area contributed by atoms with Crippen molar-refractivity contribution >= 4 is 56.5 Å². The maximum atomic E-state index is 12.9. The Morgan fingerprint density at radius 1 is 1.20 bits per heavy atom. The van der Waals surface area contributed by atoms with Crippen LogP contribution in [-0.4, -0.2) is 33.5 Å². The van der Waals surface area contributed by atoms with E-state index in [0.29, 0.717) is 35.5 Å². The zero-order valence-corrected chi connectivity index (χ0v) is 18.5. The van der Waals surface area contributed by atoms with Gasteiger partial charge >= 0.3 is 0 Å². The van der Waals surface area contributed by atoms with Gasteiger partial charge in [0.1, 0.15) is 10.6 Å². The Kier molecular flexibility index (Phi) is 6.55. The lowest BCUT2D eigenvalue weighted by atomic mass is 9.97. The Bertz CT molecular complexity index is 1140. The van der Waals surface area contributed by atoms with Crippen LogP contribution in [0.3, 0.4) is 0 Å². The number of rotatable bonds is 7. The van der Waals surface area contributed by atoms with Crippen LogP contribution in [0.15, 0.2) is 23.4 Å². The molecule has 3 aromatic rings. The lowest BCUT2D eigenvalue weighted by Gasteiger charge is -2.11. The Balaban J connectivity index is 1.30. The average molecular weight is 466 g/mol. The summed E-state index contributed by atoms with van der Waals surface area (Å²) in [7, 11) is 0. The molecule has 3 heterocycles. The smallest absolute Gasteiger partial charge is 0.262 e. The van der Waals surface area contributed by atoms with Crippen molar-refractivity contribution in [2.45, 2.75) is 38.6 Å². The Morgan fingerprint density at radius 3 is 2.87 bits per heavy atom. The van der Waals surface area contributed by atoms with E-state index in [1.54, 1.807) is 28.3 Å². The maximum absolute atomic E-state index is 12.9. The Labute approximate surface area is 187 Å². The van der Waals surface area contributed by atoms with Crippen LogP contribution < -0.4 is 16.2 Å². The van der Waals surface area contributed by atoms with Gasteiger partial charge in [-0.15, -0.1) is 11.3 Å². The topological polar surface area (TPSA) is 88.9 Å². The lowest BCUT2D eigenvalue weighted by Crippen LogP contribution is -2.31. The highest BCUT2D eigenvalue weighted by Crippen LogP contribution is 2.33. The van der Waals surface area contributed by atoms with Gasteiger partial charge in [0, 0.05) is 37.1 Å². The van der Waals surface area contributed by atoms with Crippen molar-refractivity contribution in [1.82, 2.24) is 19.9 Å². The van der Waals surface area contributed by atoms with Crippen molar-refractivity contribution in [1.29, 1.82) is 0 Å². The second-order valence-corrected chi connectivity index (χ2v) is 9.07. The number of anilines is 1. The van der Waals surface area contributed by atoms with Gasteiger partial charge in [0.15, 0.2) is 0 Å². The monoisotopic (exact) mass is 465 g/mol. The van der Waals surface area contributed by atoms with E-state index in [4.69, 9.17) is 23.2 Å². The number of carbonyl (C=O) groups is 1. The second kappa shape index (κ2) is 9.32. The molecule has 158 valence electrons. The number of halogens is 2. The fourth-order valence-electron chi connectivity index (χ4n) is 3.58. The second-order valence-electron chi connectivity index (χ2n) is 7.14. The molecule has 0 bridgehead atoms. The molecule has 3 aromatic heterocycles. The van der Waals surface area contributed by atoms with Gasteiger partial charge in [-0.3, -0.25) is 14.2 Å². The number of thiophene rings is 1. The summed E-state index contributed by atoms with van der Waals surface area (Å²) in [6, 6.07) is 1.60. The summed E-state index contributed by atoms with van der Waals surface area (Å²) in [5.41, 5.74) is 1.12. The number of fused-ring (bicyclic) bond motifs is 3. The van der Waals surface area contributed by atoms with Crippen LogP contribution in [-0.2, 0) is 24.2 Å². The van der Waals surface area contributed by atoms with Crippen molar-refractivity contribution < 1.29 is 4.79 Å². The molecule has 0 aliphatic heterocycles. The quantitative estimate of drug-likeness (QED) is 0.519. The normalized spacial score (nSPS) is 13.3. The van der Waals surface area contributed by atoms with Crippen molar-refractivity contribution in [3.8, 4) is 0 Å². The van der Waals surface area contributed by atoms with Crippen LogP contribution in [0.4, 0.5) is 5.82 Å². The summed E-state index contributed by atoms with van der Waals surface area (Å²) in [4.78, 5) is 35.7. The average Bonchev–Trinajstić information content (AvgIpc) is 3.11. The first-order valence-electron chi connectivity index (χ1n) is 9.84. The number of hydrogen-bond acceptors (Lipinski definition) is 6. The minimum absolute atomic E-state index is 0.0441. The predicted octanol–water partition coefficient (Wildman–Crippen LogP) is 3.66. The van der Waals surface area contributed by atoms with E-state index < -0.39 is 0 Å². The minimum Gasteiger partial charge on any atom is -0.367 e. The fourth-order valence-corrected chi connectivity index (χ4v) is 5.24. The lowest BCUT2D eigenvalue weighted by molar-refractivity contribution is -0.121. The highest BCUT2D eigenvalue weighted by atomic mass is 35.5. The molecule has 0 saturated heterocycles. The molecule has 1 aliphatic carbocycles. The number of hydrogen-bond donors (Lipinski definition) is 2. The summed E-state index contributed by atoms with van der Waals surface area (Å²) in [5.74, 6) is 0.381. The molecule has 1 amide bonds. The molecule has 10 heteroatoms. The zero-order chi connectivity index (χ0) is 21.1. The number of carbonyl (C=O) groups excluding carboxylic acids is 1. The molecule has 0 aromatic carbocycles. The molecular weight excluding hydrogens is 445 g/mol.